The zero-order chi connectivity index (χ0) is 23.8. The molecular formula is C24H35N5O3S. The van der Waals surface area contributed by atoms with Crippen LogP contribution in [0, 0.1) is 0 Å². The fourth-order valence-corrected chi connectivity index (χ4v) is 4.62. The van der Waals surface area contributed by atoms with Gasteiger partial charge in [0.25, 0.3) is 0 Å². The van der Waals surface area contributed by atoms with Crippen molar-refractivity contribution in [1.29, 1.82) is 0 Å². The lowest BCUT2D eigenvalue weighted by atomic mass is 10.2. The molecule has 1 aliphatic heterocycles. The van der Waals surface area contributed by atoms with Crippen LogP contribution in [0.1, 0.15) is 70.7 Å². The normalized spacial score (nSPS) is 16.4. The Morgan fingerprint density at radius 2 is 1.94 bits per heavy atom. The molecule has 8 nitrogen and oxygen atoms in total. The summed E-state index contributed by atoms with van der Waals surface area (Å²) in [7, 11) is 0. The molecule has 9 heteroatoms. The highest BCUT2D eigenvalue weighted by atomic mass is 32.1. The third-order valence-corrected chi connectivity index (χ3v) is 6.77. The lowest BCUT2D eigenvalue weighted by Gasteiger charge is -2.39. The van der Waals surface area contributed by atoms with E-state index in [1.54, 1.807) is 4.90 Å². The topological polar surface area (TPSA) is 78.9 Å². The van der Waals surface area contributed by atoms with Crippen LogP contribution in [0.15, 0.2) is 30.3 Å². The fraction of sp³-hybridized carbons (Fsp3) is 0.583. The van der Waals surface area contributed by atoms with E-state index in [1.165, 1.54) is 16.2 Å². The number of anilines is 2. The molecule has 1 aromatic carbocycles. The summed E-state index contributed by atoms with van der Waals surface area (Å²) in [5, 5.41) is 9.86. The van der Waals surface area contributed by atoms with Crippen LogP contribution in [-0.2, 0) is 4.74 Å². The molecule has 3 rings (SSSR count). The summed E-state index contributed by atoms with van der Waals surface area (Å²) in [6.07, 6.45) is 3.24. The summed E-state index contributed by atoms with van der Waals surface area (Å²) >= 11 is 1.38. The minimum atomic E-state index is -0.719. The van der Waals surface area contributed by atoms with Crippen molar-refractivity contribution in [1.82, 2.24) is 15.1 Å². The summed E-state index contributed by atoms with van der Waals surface area (Å²) in [6.45, 7) is 10.0. The molecule has 1 atom stereocenters. The first-order chi connectivity index (χ1) is 16.0. The molecule has 1 unspecified atom stereocenters. The van der Waals surface area contributed by atoms with Crippen LogP contribution < -0.4 is 9.80 Å². The number of amides is 3. The van der Waals surface area contributed by atoms with Crippen LogP contribution in [0.4, 0.5) is 20.4 Å². The number of nitrogens with zero attached hydrogens (tertiary/aromatic N) is 5. The second-order valence-electron chi connectivity index (χ2n) is 8.54. The number of carbonyl (C=O) groups excluding carboxylic acids is 2. The van der Waals surface area contributed by atoms with Gasteiger partial charge in [-0.15, -0.1) is 10.2 Å². The highest BCUT2D eigenvalue weighted by Crippen LogP contribution is 2.31. The van der Waals surface area contributed by atoms with E-state index in [0.717, 1.165) is 36.4 Å². The number of unbranched alkanes of at least 4 members (excludes halogenated alkanes) is 2. The summed E-state index contributed by atoms with van der Waals surface area (Å²) in [5.41, 5.74) is 0.775. The molecule has 0 saturated carbocycles. The summed E-state index contributed by atoms with van der Waals surface area (Å²) in [4.78, 5) is 31.6. The number of benzene rings is 1. The van der Waals surface area contributed by atoms with Crippen LogP contribution in [0.3, 0.4) is 0 Å². The molecule has 1 aromatic heterocycles. The summed E-state index contributed by atoms with van der Waals surface area (Å²) < 4.78 is 5.95. The maximum Gasteiger partial charge on any atom is 0.416 e. The van der Waals surface area contributed by atoms with E-state index in [0.29, 0.717) is 31.2 Å². The number of aromatic nitrogens is 2. The van der Waals surface area contributed by atoms with Gasteiger partial charge in [0.05, 0.1) is 0 Å². The van der Waals surface area contributed by atoms with E-state index in [-0.39, 0.29) is 11.9 Å². The van der Waals surface area contributed by atoms with E-state index >= 15 is 0 Å². The highest BCUT2D eigenvalue weighted by Gasteiger charge is 2.39. The van der Waals surface area contributed by atoms with Crippen LogP contribution in [-0.4, -0.2) is 53.1 Å². The van der Waals surface area contributed by atoms with Gasteiger partial charge in [0.1, 0.15) is 5.01 Å². The Bertz CT molecular complexity index is 905. The Morgan fingerprint density at radius 3 is 2.58 bits per heavy atom. The van der Waals surface area contributed by atoms with Gasteiger partial charge >= 0.3 is 12.1 Å². The van der Waals surface area contributed by atoms with E-state index in [2.05, 4.69) is 17.1 Å². The minimum absolute atomic E-state index is 0.177. The molecule has 3 amide bonds. The molecule has 2 aromatic rings. The third kappa shape index (κ3) is 6.22. The van der Waals surface area contributed by atoms with E-state index < -0.39 is 12.3 Å². The minimum Gasteiger partial charge on any atom is -0.424 e. The molecule has 33 heavy (non-hydrogen) atoms. The zero-order valence-electron chi connectivity index (χ0n) is 20.1. The number of rotatable bonds is 10. The predicted octanol–water partition coefficient (Wildman–Crippen LogP) is 5.86. The van der Waals surface area contributed by atoms with E-state index in [1.807, 2.05) is 56.0 Å². The van der Waals surface area contributed by atoms with Crippen LogP contribution in [0.2, 0.25) is 0 Å². The first-order valence-corrected chi connectivity index (χ1v) is 12.7. The monoisotopic (exact) mass is 473 g/mol. The van der Waals surface area contributed by atoms with E-state index in [9.17, 15) is 9.59 Å². The number of hydrogen-bond acceptors (Lipinski definition) is 6. The van der Waals surface area contributed by atoms with Crippen molar-refractivity contribution in [3.8, 4) is 0 Å². The molecule has 1 fully saturated rings. The van der Waals surface area contributed by atoms with Crippen molar-refractivity contribution in [2.75, 3.05) is 29.4 Å². The molecule has 0 spiro atoms. The van der Waals surface area contributed by atoms with Crippen LogP contribution in [0.5, 0.6) is 0 Å². The quantitative estimate of drug-likeness (QED) is 0.404. The Labute approximate surface area is 200 Å². The SMILES string of the molecule is CCCCCN1CCC(OC(=O)N(CCC)c2ccccc2)N(c2nnc(C(C)C)s2)C1=O. The van der Waals surface area contributed by atoms with Gasteiger partial charge in [0, 0.05) is 37.7 Å². The van der Waals surface area contributed by atoms with Crippen molar-refractivity contribution in [3.05, 3.63) is 35.3 Å². The molecule has 1 saturated heterocycles. The van der Waals surface area contributed by atoms with Gasteiger partial charge in [-0.2, -0.15) is 0 Å². The van der Waals surface area contributed by atoms with Gasteiger partial charge < -0.3 is 9.64 Å². The molecule has 180 valence electrons. The van der Waals surface area contributed by atoms with Crippen molar-refractivity contribution < 1.29 is 14.3 Å². The third-order valence-electron chi connectivity index (χ3n) is 5.54. The summed E-state index contributed by atoms with van der Waals surface area (Å²) in [6, 6.07) is 9.29. The zero-order valence-corrected chi connectivity index (χ0v) is 20.9. The number of carbonyl (C=O) groups is 2. The molecule has 0 N–H and O–H groups in total. The van der Waals surface area contributed by atoms with Gasteiger partial charge in [-0.25, -0.2) is 14.5 Å². The predicted molar refractivity (Wildman–Crippen MR) is 132 cm³/mol. The van der Waals surface area contributed by atoms with Gasteiger partial charge in [0.15, 0.2) is 6.23 Å². The Morgan fingerprint density at radius 1 is 1.18 bits per heavy atom. The second kappa shape index (κ2) is 12.0. The largest absolute Gasteiger partial charge is 0.424 e. The van der Waals surface area contributed by atoms with E-state index in [4.69, 9.17) is 4.74 Å². The smallest absolute Gasteiger partial charge is 0.416 e. The van der Waals surface area contributed by atoms with Gasteiger partial charge in [-0.1, -0.05) is 70.1 Å². The van der Waals surface area contributed by atoms with Gasteiger partial charge in [-0.05, 0) is 25.0 Å². The second-order valence-corrected chi connectivity index (χ2v) is 9.53. The molecule has 1 aliphatic rings. The first-order valence-electron chi connectivity index (χ1n) is 11.9. The molecular weight excluding hydrogens is 438 g/mol. The highest BCUT2D eigenvalue weighted by molar-refractivity contribution is 7.15. The van der Waals surface area contributed by atoms with Crippen LogP contribution >= 0.6 is 11.3 Å². The Kier molecular flexibility index (Phi) is 9.05. The van der Waals surface area contributed by atoms with Crippen LogP contribution in [0.25, 0.3) is 0 Å². The average Bonchev–Trinajstić information content (AvgIpc) is 3.30. The lowest BCUT2D eigenvalue weighted by molar-refractivity contribution is 0.0751. The molecule has 2 heterocycles. The van der Waals surface area contributed by atoms with Gasteiger partial charge in [0.2, 0.25) is 5.13 Å². The number of ether oxygens (including phenoxy) is 1. The molecule has 0 aliphatic carbocycles. The first kappa shape index (κ1) is 25.0. The number of para-hydroxylation sites is 1. The molecule has 0 bridgehead atoms. The average molecular weight is 474 g/mol. The van der Waals surface area contributed by atoms with Crippen molar-refractivity contribution in [2.24, 2.45) is 0 Å². The van der Waals surface area contributed by atoms with Crippen molar-refractivity contribution in [2.45, 2.75) is 71.9 Å². The van der Waals surface area contributed by atoms with Crippen molar-refractivity contribution in [3.63, 3.8) is 0 Å². The maximum atomic E-state index is 13.4. The number of hydrogen-bond donors (Lipinski definition) is 0. The summed E-state index contributed by atoms with van der Waals surface area (Å²) in [5.74, 6) is 0.205. The van der Waals surface area contributed by atoms with Gasteiger partial charge in [-0.3, -0.25) is 4.90 Å². The lowest BCUT2D eigenvalue weighted by Crippen LogP contribution is -2.57. The Hall–Kier alpha value is -2.68. The standard InChI is InChI=1S/C24H35N5O3S/c1-5-7-11-16-27-17-14-20(29(23(27)30)22-26-25-21(33-22)18(3)4)32-24(31)28(15-6-2)19-12-9-8-10-13-19/h8-10,12-13,18,20H,5-7,11,14-17H2,1-4H3. The molecule has 0 radical (unpaired) electrons. The Balaban J connectivity index is 1.83. The maximum absolute atomic E-state index is 13.4. The van der Waals surface area contributed by atoms with Crippen molar-refractivity contribution >= 4 is 34.3 Å². The fourth-order valence-electron chi connectivity index (χ4n) is 3.74. The number of urea groups is 1.